The maximum atomic E-state index is 5.33. The molecule has 0 atom stereocenters. The number of halogens is 1. The molecule has 0 saturated heterocycles. The van der Waals surface area contributed by atoms with Crippen molar-refractivity contribution in [3.05, 3.63) is 40.9 Å². The molecule has 2 heteroatoms. The maximum Gasteiger partial charge on any atom is 0.119 e. The van der Waals surface area contributed by atoms with E-state index in [2.05, 4.69) is 34.6 Å². The maximum absolute atomic E-state index is 5.33. The highest BCUT2D eigenvalue weighted by atomic mass is 79.9. The second-order valence-electron chi connectivity index (χ2n) is 2.77. The Hall–Kier alpha value is -0.760. The molecule has 0 aromatic heterocycles. The molecule has 0 aliphatic carbocycles. The van der Waals surface area contributed by atoms with Gasteiger partial charge in [-0.25, -0.2) is 0 Å². The predicted octanol–water partition coefficient (Wildman–Crippen LogP) is 3.54. The lowest BCUT2D eigenvalue weighted by atomic mass is 10.1. The van der Waals surface area contributed by atoms with Crippen LogP contribution in [0, 0.1) is 0 Å². The van der Waals surface area contributed by atoms with E-state index in [1.165, 1.54) is 5.56 Å². The van der Waals surface area contributed by atoms with E-state index in [0.717, 1.165) is 16.7 Å². The summed E-state index contributed by atoms with van der Waals surface area (Å²) < 4.78 is 6.33. The van der Waals surface area contributed by atoms with Gasteiger partial charge in [-0.05, 0) is 29.1 Å². The van der Waals surface area contributed by atoms with Crippen molar-refractivity contribution >= 4 is 15.9 Å². The second kappa shape index (κ2) is 5.07. The fraction of sp³-hybridized carbons (Fsp3) is 0.273. The number of allylic oxidation sites excluding steroid dienone is 1. The Balaban J connectivity index is 2.64. The molecule has 0 bridgehead atoms. The molecule has 0 spiro atoms. The van der Waals surface area contributed by atoms with E-state index in [0.29, 0.717) is 6.61 Å². The molecule has 0 fully saturated rings. The normalized spacial score (nSPS) is 9.69. The lowest BCUT2D eigenvalue weighted by Crippen LogP contribution is -1.91. The summed E-state index contributed by atoms with van der Waals surface area (Å²) >= 11 is 3.33. The number of hydrogen-bond acceptors (Lipinski definition) is 1. The molecule has 0 aliphatic heterocycles. The molecule has 0 saturated carbocycles. The van der Waals surface area contributed by atoms with Crippen LogP contribution in [-0.2, 0) is 6.42 Å². The van der Waals surface area contributed by atoms with Gasteiger partial charge < -0.3 is 4.74 Å². The van der Waals surface area contributed by atoms with E-state index in [1.54, 1.807) is 0 Å². The highest BCUT2D eigenvalue weighted by Gasteiger charge is 1.95. The molecule has 0 N–H and O–H groups in total. The topological polar surface area (TPSA) is 9.23 Å². The minimum atomic E-state index is 0.713. The van der Waals surface area contributed by atoms with E-state index in [4.69, 9.17) is 4.74 Å². The molecule has 1 nitrogen and oxygen atoms in total. The van der Waals surface area contributed by atoms with Crippen LogP contribution in [0.5, 0.6) is 5.75 Å². The molecule has 0 amide bonds. The van der Waals surface area contributed by atoms with Crippen LogP contribution in [0.3, 0.4) is 0 Å². The van der Waals surface area contributed by atoms with Gasteiger partial charge in [-0.3, -0.25) is 0 Å². The van der Waals surface area contributed by atoms with Crippen molar-refractivity contribution in [2.45, 2.75) is 13.3 Å². The first-order chi connectivity index (χ1) is 6.22. The quantitative estimate of drug-likeness (QED) is 0.783. The molecular weight excluding hydrogens is 228 g/mol. The van der Waals surface area contributed by atoms with Crippen LogP contribution in [0.1, 0.15) is 12.5 Å². The van der Waals surface area contributed by atoms with Gasteiger partial charge >= 0.3 is 0 Å². The first kappa shape index (κ1) is 10.3. The summed E-state index contributed by atoms with van der Waals surface area (Å²) in [6.07, 6.45) is 0.867. The van der Waals surface area contributed by atoms with Gasteiger partial charge in [0, 0.05) is 6.42 Å². The van der Waals surface area contributed by atoms with Gasteiger partial charge in [0.25, 0.3) is 0 Å². The zero-order valence-corrected chi connectivity index (χ0v) is 9.30. The summed E-state index contributed by atoms with van der Waals surface area (Å²) in [6.45, 7) is 6.49. The molecule has 70 valence electrons. The Bertz CT molecular complexity index is 277. The third-order valence-electron chi connectivity index (χ3n) is 1.63. The average Bonchev–Trinajstić information content (AvgIpc) is 2.08. The Morgan fingerprint density at radius 3 is 2.46 bits per heavy atom. The van der Waals surface area contributed by atoms with E-state index >= 15 is 0 Å². The van der Waals surface area contributed by atoms with Gasteiger partial charge in [0.1, 0.15) is 5.75 Å². The van der Waals surface area contributed by atoms with E-state index in [1.807, 2.05) is 19.1 Å². The van der Waals surface area contributed by atoms with Crippen molar-refractivity contribution in [2.24, 2.45) is 0 Å². The number of rotatable bonds is 4. The molecule has 1 aromatic carbocycles. The van der Waals surface area contributed by atoms with Crippen molar-refractivity contribution in [3.63, 3.8) is 0 Å². The van der Waals surface area contributed by atoms with Crippen LogP contribution in [0.25, 0.3) is 0 Å². The van der Waals surface area contributed by atoms with Crippen LogP contribution in [-0.4, -0.2) is 6.61 Å². The van der Waals surface area contributed by atoms with Crippen molar-refractivity contribution in [1.82, 2.24) is 0 Å². The summed E-state index contributed by atoms with van der Waals surface area (Å²) in [7, 11) is 0. The SMILES string of the molecule is C=C(Br)Cc1ccc(OCC)cc1. The summed E-state index contributed by atoms with van der Waals surface area (Å²) in [5, 5.41) is 0. The van der Waals surface area contributed by atoms with Crippen LogP contribution in [0.2, 0.25) is 0 Å². The summed E-state index contributed by atoms with van der Waals surface area (Å²) in [4.78, 5) is 0. The van der Waals surface area contributed by atoms with Crippen molar-refractivity contribution < 1.29 is 4.74 Å². The highest BCUT2D eigenvalue weighted by Crippen LogP contribution is 2.16. The van der Waals surface area contributed by atoms with Gasteiger partial charge in [0.15, 0.2) is 0 Å². The van der Waals surface area contributed by atoms with Gasteiger partial charge in [-0.15, -0.1) is 0 Å². The Labute approximate surface area is 87.5 Å². The highest BCUT2D eigenvalue weighted by molar-refractivity contribution is 9.11. The van der Waals surface area contributed by atoms with Crippen LogP contribution in [0.15, 0.2) is 35.3 Å². The Kier molecular flexibility index (Phi) is 4.03. The van der Waals surface area contributed by atoms with E-state index in [-0.39, 0.29) is 0 Å². The van der Waals surface area contributed by atoms with Gasteiger partial charge in [-0.2, -0.15) is 0 Å². The van der Waals surface area contributed by atoms with Gasteiger partial charge in [-0.1, -0.05) is 34.6 Å². The number of benzene rings is 1. The largest absolute Gasteiger partial charge is 0.494 e. The average molecular weight is 241 g/mol. The first-order valence-corrected chi connectivity index (χ1v) is 5.06. The smallest absolute Gasteiger partial charge is 0.119 e. The summed E-state index contributed by atoms with van der Waals surface area (Å²) in [6, 6.07) is 8.07. The fourth-order valence-electron chi connectivity index (χ4n) is 1.09. The summed E-state index contributed by atoms with van der Waals surface area (Å²) in [5.41, 5.74) is 1.24. The fourth-order valence-corrected chi connectivity index (χ4v) is 1.42. The molecule has 0 heterocycles. The lowest BCUT2D eigenvalue weighted by molar-refractivity contribution is 0.340. The summed E-state index contributed by atoms with van der Waals surface area (Å²) in [5.74, 6) is 0.923. The second-order valence-corrected chi connectivity index (χ2v) is 3.89. The third-order valence-corrected chi connectivity index (χ3v) is 1.91. The minimum Gasteiger partial charge on any atom is -0.494 e. The first-order valence-electron chi connectivity index (χ1n) is 4.27. The third kappa shape index (κ3) is 3.64. The number of hydrogen-bond donors (Lipinski definition) is 0. The standard InChI is InChI=1S/C11H13BrO/c1-3-13-11-6-4-10(5-7-11)8-9(2)12/h4-7H,2-3,8H2,1H3. The molecule has 0 radical (unpaired) electrons. The molecular formula is C11H13BrO. The Morgan fingerprint density at radius 2 is 2.00 bits per heavy atom. The number of ether oxygens (including phenoxy) is 1. The van der Waals surface area contributed by atoms with Crippen molar-refractivity contribution in [1.29, 1.82) is 0 Å². The molecule has 1 aromatic rings. The van der Waals surface area contributed by atoms with E-state index < -0.39 is 0 Å². The minimum absolute atomic E-state index is 0.713. The zero-order chi connectivity index (χ0) is 9.68. The zero-order valence-electron chi connectivity index (χ0n) is 7.72. The molecule has 0 aliphatic rings. The molecule has 13 heavy (non-hydrogen) atoms. The Morgan fingerprint density at radius 1 is 1.38 bits per heavy atom. The monoisotopic (exact) mass is 240 g/mol. The molecule has 0 unspecified atom stereocenters. The van der Waals surface area contributed by atoms with Crippen LogP contribution >= 0.6 is 15.9 Å². The molecule has 1 rings (SSSR count). The van der Waals surface area contributed by atoms with Gasteiger partial charge in [0.2, 0.25) is 0 Å². The van der Waals surface area contributed by atoms with Crippen LogP contribution < -0.4 is 4.74 Å². The predicted molar refractivity (Wildman–Crippen MR) is 59.4 cm³/mol. The van der Waals surface area contributed by atoms with Gasteiger partial charge in [0.05, 0.1) is 6.61 Å². The lowest BCUT2D eigenvalue weighted by Gasteiger charge is -2.03. The van der Waals surface area contributed by atoms with Crippen molar-refractivity contribution in [3.8, 4) is 5.75 Å². The van der Waals surface area contributed by atoms with E-state index in [9.17, 15) is 0 Å². The van der Waals surface area contributed by atoms with Crippen LogP contribution in [0.4, 0.5) is 0 Å². The van der Waals surface area contributed by atoms with Crippen molar-refractivity contribution in [2.75, 3.05) is 6.61 Å².